The van der Waals surface area contributed by atoms with Crippen molar-refractivity contribution in [1.29, 1.82) is 0 Å². The molecule has 0 bridgehead atoms. The topological polar surface area (TPSA) is 138 Å². The summed E-state index contributed by atoms with van der Waals surface area (Å²) in [7, 11) is -3.79. The monoisotopic (exact) mass is 502 g/mol. The number of nitrogens with zero attached hydrogens (tertiary/aromatic N) is 1. The van der Waals surface area contributed by atoms with Gasteiger partial charge in [0, 0.05) is 17.1 Å². The van der Waals surface area contributed by atoms with Crippen molar-refractivity contribution in [3.05, 3.63) is 94.5 Å². The molecule has 3 rings (SSSR count). The zero-order valence-electron chi connectivity index (χ0n) is 18.0. The van der Waals surface area contributed by atoms with Gasteiger partial charge >= 0.3 is 6.09 Å². The van der Waals surface area contributed by atoms with Crippen molar-refractivity contribution in [1.82, 2.24) is 4.90 Å². The highest BCUT2D eigenvalue weighted by atomic mass is 35.5. The molecule has 0 spiro atoms. The maximum Gasteiger partial charge on any atom is 0.407 e. The summed E-state index contributed by atoms with van der Waals surface area (Å²) in [5, 5.41) is 20.3. The molecule has 34 heavy (non-hydrogen) atoms. The van der Waals surface area contributed by atoms with Crippen molar-refractivity contribution in [2.45, 2.75) is 22.3 Å². The Bertz CT molecular complexity index is 1280. The van der Waals surface area contributed by atoms with Gasteiger partial charge in [0.25, 0.3) is 0 Å². The first kappa shape index (κ1) is 25.2. The number of sulfone groups is 1. The van der Waals surface area contributed by atoms with E-state index in [1.165, 1.54) is 36.4 Å². The molecular weight excluding hydrogens is 480 g/mol. The Morgan fingerprint density at radius 1 is 0.971 bits per heavy atom. The fourth-order valence-corrected chi connectivity index (χ4v) is 4.79. The molecule has 4 N–H and O–H groups in total. The van der Waals surface area contributed by atoms with Gasteiger partial charge < -0.3 is 20.8 Å². The van der Waals surface area contributed by atoms with E-state index in [1.807, 2.05) is 0 Å². The van der Waals surface area contributed by atoms with E-state index in [1.54, 1.807) is 36.4 Å². The van der Waals surface area contributed by atoms with Crippen molar-refractivity contribution >= 4 is 33.4 Å². The van der Waals surface area contributed by atoms with Crippen LogP contribution in [0.3, 0.4) is 0 Å². The third kappa shape index (κ3) is 6.13. The zero-order valence-corrected chi connectivity index (χ0v) is 19.5. The van der Waals surface area contributed by atoms with E-state index in [2.05, 4.69) is 0 Å². The number of hydrogen-bond donors (Lipinski definition) is 3. The van der Waals surface area contributed by atoms with Crippen molar-refractivity contribution in [2.75, 3.05) is 13.1 Å². The molecule has 2 amide bonds. The molecule has 0 aliphatic carbocycles. The molecule has 10 heteroatoms. The van der Waals surface area contributed by atoms with Gasteiger partial charge in [-0.05, 0) is 66.1 Å². The maximum absolute atomic E-state index is 12.8. The van der Waals surface area contributed by atoms with Crippen molar-refractivity contribution < 1.29 is 28.2 Å². The first-order chi connectivity index (χ1) is 16.1. The third-order valence-electron chi connectivity index (χ3n) is 5.25. The van der Waals surface area contributed by atoms with Gasteiger partial charge in [-0.1, -0.05) is 35.9 Å². The molecule has 0 heterocycles. The highest BCUT2D eigenvalue weighted by Crippen LogP contribution is 2.22. The average Bonchev–Trinajstić information content (AvgIpc) is 2.81. The van der Waals surface area contributed by atoms with Crippen molar-refractivity contribution in [3.63, 3.8) is 0 Å². The van der Waals surface area contributed by atoms with Gasteiger partial charge in [-0.15, -0.1) is 0 Å². The van der Waals surface area contributed by atoms with Crippen LogP contribution in [0.4, 0.5) is 4.79 Å². The van der Waals surface area contributed by atoms with E-state index < -0.39 is 27.9 Å². The molecule has 0 radical (unpaired) electrons. The summed E-state index contributed by atoms with van der Waals surface area (Å²) in [6.07, 6.45) is -1.90. The van der Waals surface area contributed by atoms with Crippen molar-refractivity contribution in [2.24, 2.45) is 5.73 Å². The Hall–Kier alpha value is -3.40. The fourth-order valence-electron chi connectivity index (χ4n) is 3.33. The molecule has 3 aromatic carbocycles. The molecule has 0 unspecified atom stereocenters. The zero-order chi connectivity index (χ0) is 24.9. The summed E-state index contributed by atoms with van der Waals surface area (Å²) in [5.74, 6) is -0.649. The number of primary amides is 1. The lowest BCUT2D eigenvalue weighted by atomic mass is 10.1. The summed E-state index contributed by atoms with van der Waals surface area (Å²) in [6.45, 7) is -0.0307. The second kappa shape index (κ2) is 10.7. The number of aliphatic hydroxyl groups is 1. The highest BCUT2D eigenvalue weighted by Gasteiger charge is 2.20. The first-order valence-electron chi connectivity index (χ1n) is 10.2. The lowest BCUT2D eigenvalue weighted by Crippen LogP contribution is -2.35. The summed E-state index contributed by atoms with van der Waals surface area (Å²) in [5.41, 5.74) is 6.63. The van der Waals surface area contributed by atoms with Gasteiger partial charge in [-0.3, -0.25) is 4.79 Å². The van der Waals surface area contributed by atoms with Gasteiger partial charge in [0.05, 0.1) is 22.4 Å². The number of carbonyl (C=O) groups excluding carboxylic acids is 1. The van der Waals surface area contributed by atoms with Crippen LogP contribution >= 0.6 is 11.6 Å². The Morgan fingerprint density at radius 3 is 2.09 bits per heavy atom. The fraction of sp³-hybridized carbons (Fsp3) is 0.167. The number of benzene rings is 3. The lowest BCUT2D eigenvalue weighted by molar-refractivity contribution is 0.0972. The lowest BCUT2D eigenvalue weighted by Gasteiger charge is -2.23. The summed E-state index contributed by atoms with van der Waals surface area (Å²) >= 11 is 5.93. The number of halogens is 1. The molecule has 178 valence electrons. The van der Waals surface area contributed by atoms with Gasteiger partial charge in [0.1, 0.15) is 0 Å². The van der Waals surface area contributed by atoms with Crippen LogP contribution in [0.5, 0.6) is 0 Å². The van der Waals surface area contributed by atoms with E-state index in [9.17, 15) is 28.2 Å². The van der Waals surface area contributed by atoms with Crippen molar-refractivity contribution in [3.8, 4) is 0 Å². The molecule has 0 saturated carbocycles. The van der Waals surface area contributed by atoms with E-state index in [4.69, 9.17) is 17.3 Å². The maximum atomic E-state index is 12.8. The minimum absolute atomic E-state index is 0.0253. The Kier molecular flexibility index (Phi) is 7.93. The van der Waals surface area contributed by atoms with Crippen LogP contribution in [0.25, 0.3) is 0 Å². The normalized spacial score (nSPS) is 12.2. The molecule has 0 aliphatic heterocycles. The highest BCUT2D eigenvalue weighted by molar-refractivity contribution is 7.91. The Balaban J connectivity index is 1.66. The number of nitrogens with two attached hydrogens (primary N) is 1. The molecule has 0 aromatic heterocycles. The molecule has 0 saturated heterocycles. The van der Waals surface area contributed by atoms with Crippen LogP contribution in [0.15, 0.2) is 82.6 Å². The molecular formula is C24H23ClN2O6S. The van der Waals surface area contributed by atoms with Gasteiger partial charge in [-0.25, -0.2) is 13.2 Å². The van der Waals surface area contributed by atoms with Gasteiger partial charge in [0.2, 0.25) is 15.7 Å². The standard InChI is InChI=1S/C24H23ClN2O6S/c25-19-3-1-2-18(14-19)22(28)15-27(24(30)31)13-12-16-4-8-20(9-5-16)34(32,33)21-10-6-17(7-11-21)23(26)29/h1-11,14,22,28H,12-13,15H2,(H2,26,29)(H,30,31)/t22-/m1/s1. The van der Waals surface area contributed by atoms with Crippen LogP contribution in [0.1, 0.15) is 27.6 Å². The van der Waals surface area contributed by atoms with E-state index in [0.29, 0.717) is 17.0 Å². The summed E-state index contributed by atoms with van der Waals surface area (Å²) in [4.78, 5) is 24.0. The van der Waals surface area contributed by atoms with E-state index in [0.717, 1.165) is 10.5 Å². The SMILES string of the molecule is NC(=O)c1ccc(S(=O)(=O)c2ccc(CCN(C[C@@H](O)c3cccc(Cl)c3)C(=O)O)cc2)cc1. The Labute approximate surface area is 202 Å². The second-order valence-electron chi connectivity index (χ2n) is 7.59. The van der Waals surface area contributed by atoms with Crippen LogP contribution in [-0.2, 0) is 16.3 Å². The van der Waals surface area contributed by atoms with Gasteiger partial charge in [0.15, 0.2) is 0 Å². The number of hydrogen-bond acceptors (Lipinski definition) is 5. The number of aliphatic hydroxyl groups excluding tert-OH is 1. The van der Waals surface area contributed by atoms with E-state index >= 15 is 0 Å². The number of carbonyl (C=O) groups is 2. The molecule has 0 fully saturated rings. The average molecular weight is 503 g/mol. The number of amides is 2. The predicted octanol–water partition coefficient (Wildman–Crippen LogP) is 3.53. The predicted molar refractivity (Wildman–Crippen MR) is 127 cm³/mol. The smallest absolute Gasteiger partial charge is 0.407 e. The van der Waals surface area contributed by atoms with Crippen LogP contribution < -0.4 is 5.73 Å². The quantitative estimate of drug-likeness (QED) is 0.409. The van der Waals surface area contributed by atoms with Crippen LogP contribution in [-0.4, -0.2) is 48.6 Å². The summed E-state index contributed by atoms with van der Waals surface area (Å²) in [6, 6.07) is 18.0. The number of carboxylic acid groups (broad SMARTS) is 1. The Morgan fingerprint density at radius 2 is 1.56 bits per heavy atom. The molecule has 8 nitrogen and oxygen atoms in total. The first-order valence-corrected chi connectivity index (χ1v) is 12.1. The van der Waals surface area contributed by atoms with E-state index in [-0.39, 0.29) is 28.4 Å². The summed E-state index contributed by atoms with van der Waals surface area (Å²) < 4.78 is 25.6. The molecule has 1 atom stereocenters. The molecule has 3 aromatic rings. The largest absolute Gasteiger partial charge is 0.465 e. The third-order valence-corrected chi connectivity index (χ3v) is 7.27. The number of rotatable bonds is 9. The van der Waals surface area contributed by atoms with Crippen LogP contribution in [0, 0.1) is 0 Å². The van der Waals surface area contributed by atoms with Crippen LogP contribution in [0.2, 0.25) is 5.02 Å². The minimum Gasteiger partial charge on any atom is -0.465 e. The minimum atomic E-state index is -3.79. The van der Waals surface area contributed by atoms with Gasteiger partial charge in [-0.2, -0.15) is 0 Å². The molecule has 0 aliphatic rings. The second-order valence-corrected chi connectivity index (χ2v) is 9.97.